The quantitative estimate of drug-likeness (QED) is 0.837. The normalized spacial score (nSPS) is 15.9. The summed E-state index contributed by atoms with van der Waals surface area (Å²) in [5.74, 6) is 0.669. The first-order chi connectivity index (χ1) is 7.81. The standard InChI is InChI=1S/C13H15ClN2/c1-15-7-9-3-2-4-10-11(9)12(14)13(16-10)8-5-6-8/h2-4,8,15-16H,5-7H2,1H3. The first-order valence-corrected chi connectivity index (χ1v) is 6.12. The lowest BCUT2D eigenvalue weighted by atomic mass is 10.1. The minimum absolute atomic E-state index is 0.669. The monoisotopic (exact) mass is 234 g/mol. The molecule has 2 nitrogen and oxygen atoms in total. The van der Waals surface area contributed by atoms with Crippen molar-refractivity contribution in [3.8, 4) is 0 Å². The van der Waals surface area contributed by atoms with Crippen LogP contribution in [0.4, 0.5) is 0 Å². The SMILES string of the molecule is CNCc1cccc2[nH]c(C3CC3)c(Cl)c12. The summed E-state index contributed by atoms with van der Waals surface area (Å²) in [6.07, 6.45) is 2.54. The van der Waals surface area contributed by atoms with Gasteiger partial charge in [0.05, 0.1) is 5.02 Å². The van der Waals surface area contributed by atoms with Crippen LogP contribution >= 0.6 is 11.6 Å². The van der Waals surface area contributed by atoms with Crippen LogP contribution in [-0.4, -0.2) is 12.0 Å². The third-order valence-electron chi connectivity index (χ3n) is 3.23. The van der Waals surface area contributed by atoms with E-state index in [-0.39, 0.29) is 0 Å². The smallest absolute Gasteiger partial charge is 0.0698 e. The number of halogens is 1. The van der Waals surface area contributed by atoms with Crippen LogP contribution in [0.5, 0.6) is 0 Å². The van der Waals surface area contributed by atoms with Crippen LogP contribution in [-0.2, 0) is 6.54 Å². The van der Waals surface area contributed by atoms with Gasteiger partial charge in [0.15, 0.2) is 0 Å². The lowest BCUT2D eigenvalue weighted by Gasteiger charge is -2.02. The molecule has 0 aliphatic heterocycles. The van der Waals surface area contributed by atoms with Gasteiger partial charge >= 0.3 is 0 Å². The van der Waals surface area contributed by atoms with Crippen LogP contribution in [0.3, 0.4) is 0 Å². The molecule has 84 valence electrons. The van der Waals surface area contributed by atoms with Crippen LogP contribution < -0.4 is 5.32 Å². The van der Waals surface area contributed by atoms with Crippen molar-refractivity contribution in [2.45, 2.75) is 25.3 Å². The van der Waals surface area contributed by atoms with Crippen molar-refractivity contribution in [1.29, 1.82) is 0 Å². The van der Waals surface area contributed by atoms with Crippen LogP contribution in [0.25, 0.3) is 10.9 Å². The van der Waals surface area contributed by atoms with Gasteiger partial charge in [0, 0.05) is 29.1 Å². The molecule has 3 rings (SSSR count). The number of hydrogen-bond donors (Lipinski definition) is 2. The van der Waals surface area contributed by atoms with Gasteiger partial charge in [-0.3, -0.25) is 0 Å². The Morgan fingerprint density at radius 2 is 2.25 bits per heavy atom. The van der Waals surface area contributed by atoms with Crippen molar-refractivity contribution in [1.82, 2.24) is 10.3 Å². The Balaban J connectivity index is 2.20. The van der Waals surface area contributed by atoms with Crippen LogP contribution in [0.2, 0.25) is 5.02 Å². The summed E-state index contributed by atoms with van der Waals surface area (Å²) in [7, 11) is 1.96. The molecule has 1 heterocycles. The second-order valence-corrected chi connectivity index (χ2v) is 4.87. The average Bonchev–Trinajstić information content (AvgIpc) is 3.05. The number of rotatable bonds is 3. The molecule has 0 radical (unpaired) electrons. The van der Waals surface area contributed by atoms with Crippen molar-refractivity contribution in [2.24, 2.45) is 0 Å². The fourth-order valence-electron chi connectivity index (χ4n) is 2.29. The summed E-state index contributed by atoms with van der Waals surface area (Å²) in [6.45, 7) is 0.860. The van der Waals surface area contributed by atoms with Gasteiger partial charge in [-0.2, -0.15) is 0 Å². The highest BCUT2D eigenvalue weighted by Crippen LogP contribution is 2.45. The Labute approximate surface area is 100.0 Å². The van der Waals surface area contributed by atoms with E-state index in [1.54, 1.807) is 0 Å². The van der Waals surface area contributed by atoms with E-state index >= 15 is 0 Å². The molecule has 1 saturated carbocycles. The zero-order valence-electron chi connectivity index (χ0n) is 9.31. The molecule has 1 fully saturated rings. The Kier molecular flexibility index (Phi) is 2.41. The maximum atomic E-state index is 6.47. The van der Waals surface area contributed by atoms with Crippen molar-refractivity contribution < 1.29 is 0 Å². The van der Waals surface area contributed by atoms with Crippen LogP contribution in [0.15, 0.2) is 18.2 Å². The molecule has 16 heavy (non-hydrogen) atoms. The topological polar surface area (TPSA) is 27.8 Å². The van der Waals surface area contributed by atoms with E-state index in [1.165, 1.54) is 35.0 Å². The van der Waals surface area contributed by atoms with Gasteiger partial charge in [-0.25, -0.2) is 0 Å². The van der Waals surface area contributed by atoms with Crippen LogP contribution in [0.1, 0.15) is 30.0 Å². The van der Waals surface area contributed by atoms with E-state index in [1.807, 2.05) is 7.05 Å². The lowest BCUT2D eigenvalue weighted by Crippen LogP contribution is -2.05. The highest BCUT2D eigenvalue weighted by molar-refractivity contribution is 6.36. The van der Waals surface area contributed by atoms with E-state index in [9.17, 15) is 0 Å². The molecule has 1 aromatic carbocycles. The molecule has 0 atom stereocenters. The van der Waals surface area contributed by atoms with E-state index in [0.717, 1.165) is 11.6 Å². The van der Waals surface area contributed by atoms with E-state index in [2.05, 4.69) is 28.5 Å². The molecule has 0 spiro atoms. The van der Waals surface area contributed by atoms with Gasteiger partial charge in [0.1, 0.15) is 0 Å². The molecule has 0 unspecified atom stereocenters. The first kappa shape index (κ1) is 10.2. The molecule has 2 aromatic rings. The van der Waals surface area contributed by atoms with Gasteiger partial charge in [-0.05, 0) is 31.5 Å². The number of nitrogens with one attached hydrogen (secondary N) is 2. The van der Waals surface area contributed by atoms with E-state index in [4.69, 9.17) is 11.6 Å². The molecule has 0 amide bonds. The van der Waals surface area contributed by atoms with Crippen molar-refractivity contribution in [3.63, 3.8) is 0 Å². The molecule has 0 bridgehead atoms. The Hall–Kier alpha value is -0.990. The lowest BCUT2D eigenvalue weighted by molar-refractivity contribution is 0.824. The third-order valence-corrected chi connectivity index (χ3v) is 3.62. The molecule has 2 N–H and O–H groups in total. The molecule has 1 aromatic heterocycles. The maximum Gasteiger partial charge on any atom is 0.0698 e. The Bertz CT molecular complexity index is 526. The van der Waals surface area contributed by atoms with Gasteiger partial charge < -0.3 is 10.3 Å². The predicted octanol–water partition coefficient (Wildman–Crippen LogP) is 3.42. The molecule has 3 heteroatoms. The number of hydrogen-bond acceptors (Lipinski definition) is 1. The third kappa shape index (κ3) is 1.53. The van der Waals surface area contributed by atoms with Gasteiger partial charge in [0.25, 0.3) is 0 Å². The average molecular weight is 235 g/mol. The zero-order valence-corrected chi connectivity index (χ0v) is 10.1. The summed E-state index contributed by atoms with van der Waals surface area (Å²) in [6, 6.07) is 6.32. The summed E-state index contributed by atoms with van der Waals surface area (Å²) in [5.41, 5.74) is 3.67. The second-order valence-electron chi connectivity index (χ2n) is 4.50. The van der Waals surface area contributed by atoms with Crippen molar-refractivity contribution in [3.05, 3.63) is 34.5 Å². The van der Waals surface area contributed by atoms with Gasteiger partial charge in [0.2, 0.25) is 0 Å². The zero-order chi connectivity index (χ0) is 11.1. The maximum absolute atomic E-state index is 6.47. The number of aromatic nitrogens is 1. The predicted molar refractivity (Wildman–Crippen MR) is 68.0 cm³/mol. The minimum Gasteiger partial charge on any atom is -0.357 e. The Morgan fingerprint density at radius 3 is 2.94 bits per heavy atom. The van der Waals surface area contributed by atoms with Gasteiger partial charge in [-0.15, -0.1) is 0 Å². The van der Waals surface area contributed by atoms with Crippen molar-refractivity contribution >= 4 is 22.5 Å². The van der Waals surface area contributed by atoms with Gasteiger partial charge in [-0.1, -0.05) is 23.7 Å². The Morgan fingerprint density at radius 1 is 1.44 bits per heavy atom. The molecule has 0 saturated heterocycles. The number of fused-ring (bicyclic) bond motifs is 1. The largest absolute Gasteiger partial charge is 0.357 e. The number of benzene rings is 1. The first-order valence-electron chi connectivity index (χ1n) is 5.75. The molecular formula is C13H15ClN2. The minimum atomic E-state index is 0.669. The molecule has 1 aliphatic carbocycles. The summed E-state index contributed by atoms with van der Waals surface area (Å²) >= 11 is 6.47. The van der Waals surface area contributed by atoms with Crippen molar-refractivity contribution in [2.75, 3.05) is 7.05 Å². The van der Waals surface area contributed by atoms with E-state index in [0.29, 0.717) is 5.92 Å². The highest BCUT2D eigenvalue weighted by Gasteiger charge is 2.28. The molecular weight excluding hydrogens is 220 g/mol. The fourth-order valence-corrected chi connectivity index (χ4v) is 2.71. The summed E-state index contributed by atoms with van der Waals surface area (Å²) < 4.78 is 0. The fraction of sp³-hybridized carbons (Fsp3) is 0.385. The molecule has 1 aliphatic rings. The number of H-pyrrole nitrogens is 1. The summed E-state index contributed by atoms with van der Waals surface area (Å²) in [5, 5.41) is 5.31. The second kappa shape index (κ2) is 3.79. The highest BCUT2D eigenvalue weighted by atomic mass is 35.5. The summed E-state index contributed by atoms with van der Waals surface area (Å²) in [4.78, 5) is 3.46. The van der Waals surface area contributed by atoms with Crippen LogP contribution in [0, 0.1) is 0 Å². The number of aromatic amines is 1. The van der Waals surface area contributed by atoms with E-state index < -0.39 is 0 Å².